The highest BCUT2D eigenvalue weighted by Crippen LogP contribution is 2.24. The summed E-state index contributed by atoms with van der Waals surface area (Å²) in [5, 5.41) is 22.2. The molecule has 6 heteroatoms. The topological polar surface area (TPSA) is 101 Å². The second kappa shape index (κ2) is 4.61. The van der Waals surface area contributed by atoms with E-state index < -0.39 is 4.92 Å². The van der Waals surface area contributed by atoms with Crippen molar-refractivity contribution in [2.75, 3.05) is 17.7 Å². The predicted octanol–water partition coefficient (Wildman–Crippen LogP) is 0.970. The summed E-state index contributed by atoms with van der Waals surface area (Å²) in [6.45, 7) is 1.77. The minimum atomic E-state index is -0.533. The van der Waals surface area contributed by atoms with E-state index in [1.807, 2.05) is 0 Å². The lowest BCUT2D eigenvalue weighted by atomic mass is 10.2. The van der Waals surface area contributed by atoms with E-state index in [1.54, 1.807) is 13.0 Å². The first kappa shape index (κ1) is 11.3. The van der Waals surface area contributed by atoms with Crippen LogP contribution in [0.2, 0.25) is 0 Å². The highest BCUT2D eigenvalue weighted by atomic mass is 16.6. The highest BCUT2D eigenvalue weighted by molar-refractivity contribution is 5.65. The SMILES string of the molecule is CC(CO)Nc1ccc([N+](=O)[O-])c(N)c1. The van der Waals surface area contributed by atoms with Gasteiger partial charge in [-0.3, -0.25) is 10.1 Å². The lowest BCUT2D eigenvalue weighted by Gasteiger charge is -2.12. The first-order valence-corrected chi connectivity index (χ1v) is 4.46. The Bertz CT molecular complexity index is 368. The monoisotopic (exact) mass is 211 g/mol. The summed E-state index contributed by atoms with van der Waals surface area (Å²) in [4.78, 5) is 9.94. The van der Waals surface area contributed by atoms with Crippen LogP contribution in [0.25, 0.3) is 0 Å². The van der Waals surface area contributed by atoms with Gasteiger partial charge in [-0.1, -0.05) is 0 Å². The fourth-order valence-corrected chi connectivity index (χ4v) is 1.14. The number of aliphatic hydroxyl groups excluding tert-OH is 1. The fourth-order valence-electron chi connectivity index (χ4n) is 1.14. The lowest BCUT2D eigenvalue weighted by Crippen LogP contribution is -2.19. The second-order valence-corrected chi connectivity index (χ2v) is 3.26. The van der Waals surface area contributed by atoms with Gasteiger partial charge in [0.25, 0.3) is 5.69 Å². The molecule has 0 bridgehead atoms. The van der Waals surface area contributed by atoms with E-state index in [-0.39, 0.29) is 24.0 Å². The van der Waals surface area contributed by atoms with E-state index in [9.17, 15) is 10.1 Å². The normalized spacial score (nSPS) is 12.1. The predicted molar refractivity (Wildman–Crippen MR) is 57.7 cm³/mol. The molecule has 1 aromatic rings. The van der Waals surface area contributed by atoms with Crippen LogP contribution in [0.15, 0.2) is 18.2 Å². The number of nitrogens with two attached hydrogens (primary N) is 1. The van der Waals surface area contributed by atoms with Gasteiger partial charge in [-0.2, -0.15) is 0 Å². The van der Waals surface area contributed by atoms with E-state index in [0.29, 0.717) is 5.69 Å². The molecule has 1 atom stereocenters. The van der Waals surface area contributed by atoms with Crippen molar-refractivity contribution in [2.24, 2.45) is 0 Å². The van der Waals surface area contributed by atoms with Crippen LogP contribution in [0.5, 0.6) is 0 Å². The maximum absolute atomic E-state index is 10.5. The molecule has 0 aliphatic heterocycles. The van der Waals surface area contributed by atoms with Gasteiger partial charge in [0.05, 0.1) is 11.5 Å². The van der Waals surface area contributed by atoms with Crippen molar-refractivity contribution >= 4 is 17.1 Å². The van der Waals surface area contributed by atoms with Gasteiger partial charge in [-0.05, 0) is 19.1 Å². The van der Waals surface area contributed by atoms with Gasteiger partial charge in [-0.25, -0.2) is 0 Å². The Balaban J connectivity index is 2.87. The molecule has 4 N–H and O–H groups in total. The van der Waals surface area contributed by atoms with E-state index >= 15 is 0 Å². The summed E-state index contributed by atoms with van der Waals surface area (Å²) in [5.74, 6) is 0. The molecule has 15 heavy (non-hydrogen) atoms. The van der Waals surface area contributed by atoms with Gasteiger partial charge in [0.1, 0.15) is 5.69 Å². The Morgan fingerprint density at radius 1 is 1.67 bits per heavy atom. The quantitative estimate of drug-likeness (QED) is 0.391. The van der Waals surface area contributed by atoms with Crippen LogP contribution in [0, 0.1) is 10.1 Å². The van der Waals surface area contributed by atoms with Crippen molar-refractivity contribution in [1.29, 1.82) is 0 Å². The Morgan fingerprint density at radius 2 is 2.33 bits per heavy atom. The molecule has 0 heterocycles. The Hall–Kier alpha value is -1.82. The maximum atomic E-state index is 10.5. The molecule has 0 aliphatic rings. The molecule has 0 amide bonds. The van der Waals surface area contributed by atoms with Crippen molar-refractivity contribution < 1.29 is 10.0 Å². The minimum absolute atomic E-state index is 0.0170. The van der Waals surface area contributed by atoms with Gasteiger partial charge in [0, 0.05) is 17.8 Å². The number of rotatable bonds is 4. The number of aliphatic hydroxyl groups is 1. The Labute approximate surface area is 86.9 Å². The number of nitro groups is 1. The number of benzene rings is 1. The average Bonchev–Trinajstić information content (AvgIpc) is 2.17. The van der Waals surface area contributed by atoms with Crippen molar-refractivity contribution in [2.45, 2.75) is 13.0 Å². The molecule has 0 saturated carbocycles. The zero-order chi connectivity index (χ0) is 11.4. The number of anilines is 2. The molecule has 0 fully saturated rings. The molecule has 6 nitrogen and oxygen atoms in total. The van der Waals surface area contributed by atoms with Crippen molar-refractivity contribution in [1.82, 2.24) is 0 Å². The van der Waals surface area contributed by atoms with Gasteiger partial charge in [-0.15, -0.1) is 0 Å². The van der Waals surface area contributed by atoms with Crippen LogP contribution in [-0.4, -0.2) is 22.7 Å². The molecule has 1 rings (SSSR count). The standard InChI is InChI=1S/C9H13N3O3/c1-6(5-13)11-7-2-3-9(12(14)15)8(10)4-7/h2-4,6,11,13H,5,10H2,1H3. The van der Waals surface area contributed by atoms with Gasteiger partial charge in [0.15, 0.2) is 0 Å². The first-order chi connectivity index (χ1) is 7.04. The van der Waals surface area contributed by atoms with Crippen molar-refractivity contribution in [3.8, 4) is 0 Å². The number of hydrogen-bond donors (Lipinski definition) is 3. The molecule has 0 saturated heterocycles. The fraction of sp³-hybridized carbons (Fsp3) is 0.333. The maximum Gasteiger partial charge on any atom is 0.292 e. The smallest absolute Gasteiger partial charge is 0.292 e. The van der Waals surface area contributed by atoms with Crippen LogP contribution >= 0.6 is 0 Å². The number of hydrogen-bond acceptors (Lipinski definition) is 5. The number of nitrogen functional groups attached to an aromatic ring is 1. The largest absolute Gasteiger partial charge is 0.394 e. The average molecular weight is 211 g/mol. The Kier molecular flexibility index (Phi) is 3.46. The first-order valence-electron chi connectivity index (χ1n) is 4.46. The van der Waals surface area contributed by atoms with E-state index in [2.05, 4.69) is 5.32 Å². The molecule has 0 aromatic heterocycles. The Morgan fingerprint density at radius 3 is 2.80 bits per heavy atom. The van der Waals surface area contributed by atoms with Crippen LogP contribution in [0.1, 0.15) is 6.92 Å². The summed E-state index contributed by atoms with van der Waals surface area (Å²) in [5.41, 5.74) is 6.14. The minimum Gasteiger partial charge on any atom is -0.394 e. The molecular weight excluding hydrogens is 198 g/mol. The van der Waals surface area contributed by atoms with Crippen molar-refractivity contribution in [3.63, 3.8) is 0 Å². The number of nitrogens with zero attached hydrogens (tertiary/aromatic N) is 1. The third-order valence-electron chi connectivity index (χ3n) is 1.91. The number of nitro benzene ring substituents is 1. The summed E-state index contributed by atoms with van der Waals surface area (Å²) in [6.07, 6.45) is 0. The van der Waals surface area contributed by atoms with Gasteiger partial charge in [0.2, 0.25) is 0 Å². The highest BCUT2D eigenvalue weighted by Gasteiger charge is 2.11. The summed E-state index contributed by atoms with van der Waals surface area (Å²) in [7, 11) is 0. The van der Waals surface area contributed by atoms with E-state index in [0.717, 1.165) is 0 Å². The summed E-state index contributed by atoms with van der Waals surface area (Å²) < 4.78 is 0. The third-order valence-corrected chi connectivity index (χ3v) is 1.91. The zero-order valence-electron chi connectivity index (χ0n) is 8.30. The second-order valence-electron chi connectivity index (χ2n) is 3.26. The lowest BCUT2D eigenvalue weighted by molar-refractivity contribution is -0.383. The molecule has 82 valence electrons. The van der Waals surface area contributed by atoms with Gasteiger partial charge >= 0.3 is 0 Å². The zero-order valence-corrected chi connectivity index (χ0v) is 8.30. The number of nitrogens with one attached hydrogen (secondary N) is 1. The molecular formula is C9H13N3O3. The molecule has 0 radical (unpaired) electrons. The van der Waals surface area contributed by atoms with E-state index in [1.165, 1.54) is 12.1 Å². The van der Waals surface area contributed by atoms with Crippen molar-refractivity contribution in [3.05, 3.63) is 28.3 Å². The summed E-state index contributed by atoms with van der Waals surface area (Å²) >= 11 is 0. The third kappa shape index (κ3) is 2.81. The molecule has 1 aromatic carbocycles. The summed E-state index contributed by atoms with van der Waals surface area (Å²) in [6, 6.07) is 4.25. The molecule has 1 unspecified atom stereocenters. The van der Waals surface area contributed by atoms with Crippen LogP contribution in [0.3, 0.4) is 0 Å². The van der Waals surface area contributed by atoms with E-state index in [4.69, 9.17) is 10.8 Å². The molecule has 0 spiro atoms. The van der Waals surface area contributed by atoms with Crippen LogP contribution < -0.4 is 11.1 Å². The van der Waals surface area contributed by atoms with Gasteiger partial charge < -0.3 is 16.2 Å². The van der Waals surface area contributed by atoms with Crippen LogP contribution in [0.4, 0.5) is 17.1 Å². The molecule has 0 aliphatic carbocycles. The van der Waals surface area contributed by atoms with Crippen LogP contribution in [-0.2, 0) is 0 Å².